The van der Waals surface area contributed by atoms with Crippen LogP contribution >= 0.6 is 12.4 Å². The smallest absolute Gasteiger partial charge is 0.224 e. The Bertz CT molecular complexity index is 719. The summed E-state index contributed by atoms with van der Waals surface area (Å²) in [4.78, 5) is 12.3. The molecule has 0 bridgehead atoms. The zero-order valence-corrected chi connectivity index (χ0v) is 15.3. The molecule has 0 atom stereocenters. The summed E-state index contributed by atoms with van der Waals surface area (Å²) in [6.45, 7) is 4.63. The van der Waals surface area contributed by atoms with Crippen LogP contribution in [0.15, 0.2) is 22.8 Å². The van der Waals surface area contributed by atoms with Crippen LogP contribution in [-0.2, 0) is 24.1 Å². The van der Waals surface area contributed by atoms with Crippen molar-refractivity contribution in [3.63, 3.8) is 0 Å². The molecule has 132 valence electrons. The lowest BCUT2D eigenvalue weighted by Crippen LogP contribution is -2.49. The number of hydrogen-bond acceptors (Lipinski definition) is 3. The molecule has 4 nitrogen and oxygen atoms in total. The summed E-state index contributed by atoms with van der Waals surface area (Å²) in [5.74, 6) is 0.00456. The van der Waals surface area contributed by atoms with E-state index in [-0.39, 0.29) is 23.9 Å². The molecule has 0 saturated heterocycles. The molecule has 1 aromatic heterocycles. The summed E-state index contributed by atoms with van der Waals surface area (Å²) in [5.41, 5.74) is 10.6. The van der Waals surface area contributed by atoms with Crippen LogP contribution in [0.4, 0.5) is 0 Å². The number of amides is 1. The second-order valence-corrected chi connectivity index (χ2v) is 6.75. The fraction of sp³-hybridized carbons (Fsp3) is 0.526. The lowest BCUT2D eigenvalue weighted by atomic mass is 9.94. The molecule has 0 saturated carbocycles. The number of hydrogen-bond donors (Lipinski definition) is 2. The molecule has 1 aliphatic carbocycles. The molecule has 3 rings (SSSR count). The van der Waals surface area contributed by atoms with Gasteiger partial charge in [-0.1, -0.05) is 13.8 Å². The molecular formula is C19H27ClN2O2. The van der Waals surface area contributed by atoms with Gasteiger partial charge in [0.15, 0.2) is 0 Å². The van der Waals surface area contributed by atoms with Gasteiger partial charge in [-0.2, -0.15) is 0 Å². The number of furan rings is 1. The van der Waals surface area contributed by atoms with Gasteiger partial charge >= 0.3 is 0 Å². The third kappa shape index (κ3) is 3.76. The highest BCUT2D eigenvalue weighted by atomic mass is 35.5. The maximum Gasteiger partial charge on any atom is 0.224 e. The SMILES string of the molecule is CCC(N)(CC)CNC(=O)Cc1coc2cc3c(cc12)CCC3.Cl. The van der Waals surface area contributed by atoms with Gasteiger partial charge in [-0.15, -0.1) is 12.4 Å². The van der Waals surface area contributed by atoms with E-state index in [1.807, 2.05) is 0 Å². The van der Waals surface area contributed by atoms with Gasteiger partial charge in [-0.3, -0.25) is 4.79 Å². The van der Waals surface area contributed by atoms with Crippen molar-refractivity contribution in [1.29, 1.82) is 0 Å². The number of nitrogens with one attached hydrogen (secondary N) is 1. The minimum Gasteiger partial charge on any atom is -0.464 e. The highest BCUT2D eigenvalue weighted by Crippen LogP contribution is 2.30. The molecule has 0 unspecified atom stereocenters. The largest absolute Gasteiger partial charge is 0.464 e. The van der Waals surface area contributed by atoms with Crippen LogP contribution in [0.1, 0.15) is 49.8 Å². The maximum atomic E-state index is 12.3. The zero-order chi connectivity index (χ0) is 16.4. The molecule has 0 radical (unpaired) electrons. The summed E-state index contributed by atoms with van der Waals surface area (Å²) in [6.07, 6.45) is 7.24. The Hall–Kier alpha value is -1.52. The van der Waals surface area contributed by atoms with E-state index < -0.39 is 0 Å². The van der Waals surface area contributed by atoms with Crippen LogP contribution < -0.4 is 11.1 Å². The van der Waals surface area contributed by atoms with Crippen molar-refractivity contribution < 1.29 is 9.21 Å². The Morgan fingerprint density at radius 2 is 1.92 bits per heavy atom. The van der Waals surface area contributed by atoms with Crippen LogP contribution in [0.3, 0.4) is 0 Å². The molecule has 0 fully saturated rings. The van der Waals surface area contributed by atoms with Gasteiger partial charge in [0.25, 0.3) is 0 Å². The molecule has 24 heavy (non-hydrogen) atoms. The summed E-state index contributed by atoms with van der Waals surface area (Å²) in [6, 6.07) is 4.34. The lowest BCUT2D eigenvalue weighted by Gasteiger charge is -2.26. The van der Waals surface area contributed by atoms with Gasteiger partial charge in [-0.05, 0) is 55.4 Å². The molecule has 1 heterocycles. The molecule has 2 aromatic rings. The zero-order valence-electron chi connectivity index (χ0n) is 14.5. The van der Waals surface area contributed by atoms with Crippen LogP contribution in [0.2, 0.25) is 0 Å². The molecule has 5 heteroatoms. The first-order chi connectivity index (χ1) is 11.0. The van der Waals surface area contributed by atoms with E-state index in [2.05, 4.69) is 31.3 Å². The number of fused-ring (bicyclic) bond motifs is 2. The van der Waals surface area contributed by atoms with Gasteiger partial charge in [0.05, 0.1) is 12.7 Å². The van der Waals surface area contributed by atoms with Crippen molar-refractivity contribution in [2.45, 2.75) is 57.9 Å². The molecule has 0 spiro atoms. The number of nitrogens with two attached hydrogens (primary N) is 1. The van der Waals surface area contributed by atoms with Crippen molar-refractivity contribution in [2.75, 3.05) is 6.54 Å². The first-order valence-electron chi connectivity index (χ1n) is 8.62. The van der Waals surface area contributed by atoms with E-state index in [4.69, 9.17) is 10.2 Å². The number of carbonyl (C=O) groups is 1. The first-order valence-corrected chi connectivity index (χ1v) is 8.62. The Morgan fingerprint density at radius 3 is 2.58 bits per heavy atom. The Morgan fingerprint density at radius 1 is 1.25 bits per heavy atom. The van der Waals surface area contributed by atoms with Gasteiger partial charge in [0.1, 0.15) is 5.58 Å². The van der Waals surface area contributed by atoms with Crippen molar-refractivity contribution in [3.8, 4) is 0 Å². The Kier molecular flexibility index (Phi) is 5.94. The third-order valence-electron chi connectivity index (χ3n) is 5.27. The van der Waals surface area contributed by atoms with Crippen molar-refractivity contribution >= 4 is 29.3 Å². The monoisotopic (exact) mass is 350 g/mol. The van der Waals surface area contributed by atoms with E-state index >= 15 is 0 Å². The Labute approximate surface area is 149 Å². The number of carbonyl (C=O) groups excluding carboxylic acids is 1. The summed E-state index contributed by atoms with van der Waals surface area (Å²) >= 11 is 0. The van der Waals surface area contributed by atoms with Gasteiger partial charge < -0.3 is 15.5 Å². The standard InChI is InChI=1S/C19H26N2O2.ClH/c1-3-19(20,4-2)12-21-18(22)10-15-11-23-17-9-14-7-5-6-13(14)8-16(15)17;/h8-9,11H,3-7,10,12,20H2,1-2H3,(H,21,22);1H. The number of rotatable bonds is 6. The van der Waals surface area contributed by atoms with Crippen molar-refractivity contribution in [3.05, 3.63) is 35.1 Å². The quantitative estimate of drug-likeness (QED) is 0.837. The van der Waals surface area contributed by atoms with Gasteiger partial charge in [0.2, 0.25) is 5.91 Å². The predicted molar refractivity (Wildman–Crippen MR) is 99.7 cm³/mol. The number of benzene rings is 1. The van der Waals surface area contributed by atoms with E-state index in [0.717, 1.165) is 42.2 Å². The van der Waals surface area contributed by atoms with E-state index in [9.17, 15) is 4.79 Å². The fourth-order valence-electron chi connectivity index (χ4n) is 3.30. The van der Waals surface area contributed by atoms with Gasteiger partial charge in [-0.25, -0.2) is 0 Å². The number of halogens is 1. The normalized spacial score (nSPS) is 13.6. The predicted octanol–water partition coefficient (Wildman–Crippen LogP) is 3.52. The topological polar surface area (TPSA) is 68.3 Å². The summed E-state index contributed by atoms with van der Waals surface area (Å²) in [5, 5.41) is 4.05. The summed E-state index contributed by atoms with van der Waals surface area (Å²) in [7, 11) is 0. The lowest BCUT2D eigenvalue weighted by molar-refractivity contribution is -0.120. The molecule has 0 aliphatic heterocycles. The highest BCUT2D eigenvalue weighted by Gasteiger charge is 2.21. The minimum absolute atomic E-state index is 0. The van der Waals surface area contributed by atoms with Crippen molar-refractivity contribution in [2.24, 2.45) is 5.73 Å². The molecule has 3 N–H and O–H groups in total. The van der Waals surface area contributed by atoms with Crippen LogP contribution in [0.5, 0.6) is 0 Å². The second-order valence-electron chi connectivity index (χ2n) is 6.75. The van der Waals surface area contributed by atoms with E-state index in [1.165, 1.54) is 17.5 Å². The third-order valence-corrected chi connectivity index (χ3v) is 5.27. The molecule has 1 aromatic carbocycles. The average molecular weight is 351 g/mol. The molecular weight excluding hydrogens is 324 g/mol. The van der Waals surface area contributed by atoms with E-state index in [1.54, 1.807) is 6.26 Å². The number of aryl methyl sites for hydroxylation is 2. The molecule has 1 aliphatic rings. The van der Waals surface area contributed by atoms with Crippen LogP contribution in [-0.4, -0.2) is 18.0 Å². The second kappa shape index (κ2) is 7.58. The fourth-order valence-corrected chi connectivity index (χ4v) is 3.30. The minimum atomic E-state index is -0.311. The molecule has 1 amide bonds. The maximum absolute atomic E-state index is 12.3. The Balaban J connectivity index is 0.00000208. The average Bonchev–Trinajstić information content (AvgIpc) is 3.17. The highest BCUT2D eigenvalue weighted by molar-refractivity contribution is 5.88. The first kappa shape index (κ1) is 18.8. The summed E-state index contributed by atoms with van der Waals surface area (Å²) < 4.78 is 5.66. The van der Waals surface area contributed by atoms with Gasteiger partial charge in [0, 0.05) is 23.0 Å². The van der Waals surface area contributed by atoms with Crippen molar-refractivity contribution in [1.82, 2.24) is 5.32 Å². The van der Waals surface area contributed by atoms with E-state index in [0.29, 0.717) is 13.0 Å². The van der Waals surface area contributed by atoms with Crippen LogP contribution in [0, 0.1) is 0 Å². The van der Waals surface area contributed by atoms with Crippen LogP contribution in [0.25, 0.3) is 11.0 Å².